The van der Waals surface area contributed by atoms with Gasteiger partial charge < -0.3 is 9.47 Å². The summed E-state index contributed by atoms with van der Waals surface area (Å²) < 4.78 is 9.34. The van der Waals surface area contributed by atoms with Gasteiger partial charge in [0.15, 0.2) is 11.5 Å². The number of ether oxygens (including phenoxy) is 2. The molecule has 0 N–H and O–H groups in total. The van der Waals surface area contributed by atoms with Crippen molar-refractivity contribution in [3.63, 3.8) is 0 Å². The maximum Gasteiger partial charge on any atom is 0.265 e. The van der Waals surface area contributed by atoms with E-state index in [0.29, 0.717) is 0 Å². The number of allylic oxidation sites excluding steroid dienone is 2. The molecule has 0 heterocycles. The highest BCUT2D eigenvalue weighted by atomic mass is 35.5. The monoisotopic (exact) mass is 236 g/mol. The van der Waals surface area contributed by atoms with Crippen LogP contribution in [0.15, 0.2) is 21.6 Å². The Balaban J connectivity index is 3.29. The topological polar surface area (TPSA) is 52.6 Å². The van der Waals surface area contributed by atoms with E-state index < -0.39 is 11.6 Å². The molecule has 0 radical (unpaired) electrons. The summed E-state index contributed by atoms with van der Waals surface area (Å²) in [5.41, 5.74) is 0. The second-order valence-electron chi connectivity index (χ2n) is 2.35. The van der Waals surface area contributed by atoms with Crippen LogP contribution in [0.4, 0.5) is 0 Å². The summed E-state index contributed by atoms with van der Waals surface area (Å²) in [5.74, 6) is -1.82. The largest absolute Gasteiger partial charge is 0.491 e. The number of carbonyl (C=O) groups excluding carboxylic acids is 2. The first-order chi connectivity index (χ1) is 6.54. The van der Waals surface area contributed by atoms with Crippen LogP contribution in [0.3, 0.4) is 0 Å². The van der Waals surface area contributed by atoms with E-state index >= 15 is 0 Å². The number of Topliss-reactive ketones (excluding diaryl/α,β-unsaturated/α-hetero) is 2. The summed E-state index contributed by atoms with van der Waals surface area (Å²) in [5, 5.41) is -0.661. The van der Waals surface area contributed by atoms with Crippen LogP contribution in [0.2, 0.25) is 0 Å². The number of rotatable bonds is 2. The standard InChI is InChI=1S/C8H6Cl2O4/c1-13-7-3(9)5(11)4(10)8(14-2)6(7)12/h1-2H3. The molecule has 0 aliphatic heterocycles. The second-order valence-corrected chi connectivity index (χ2v) is 3.11. The third-order valence-corrected chi connectivity index (χ3v) is 2.30. The number of hydrogen-bond donors (Lipinski definition) is 0. The van der Waals surface area contributed by atoms with Gasteiger partial charge in [0.25, 0.3) is 5.78 Å². The third-order valence-electron chi connectivity index (χ3n) is 1.62. The Bertz CT molecular complexity index is 336. The summed E-state index contributed by atoms with van der Waals surface area (Å²) in [6, 6.07) is 0. The quantitative estimate of drug-likeness (QED) is 0.680. The molecule has 1 rings (SSSR count). The molecule has 76 valence electrons. The minimum Gasteiger partial charge on any atom is -0.491 e. The molecule has 4 nitrogen and oxygen atoms in total. The van der Waals surface area contributed by atoms with Gasteiger partial charge in [0.05, 0.1) is 14.2 Å². The van der Waals surface area contributed by atoms with Gasteiger partial charge >= 0.3 is 0 Å². The highest BCUT2D eigenvalue weighted by Gasteiger charge is 2.35. The first-order valence-electron chi connectivity index (χ1n) is 3.51. The molecule has 0 fully saturated rings. The predicted octanol–water partition coefficient (Wildman–Crippen LogP) is 1.33. The molecular formula is C8H6Cl2O4. The molecule has 1 aliphatic carbocycles. The van der Waals surface area contributed by atoms with Gasteiger partial charge in [-0.25, -0.2) is 0 Å². The van der Waals surface area contributed by atoms with Crippen LogP contribution in [-0.4, -0.2) is 25.8 Å². The van der Waals surface area contributed by atoms with Gasteiger partial charge in [0, 0.05) is 0 Å². The fraction of sp³-hybridized carbons (Fsp3) is 0.250. The van der Waals surface area contributed by atoms with E-state index in [1.165, 1.54) is 14.2 Å². The molecule has 0 amide bonds. The first kappa shape index (κ1) is 11.1. The molecule has 14 heavy (non-hydrogen) atoms. The molecule has 0 aromatic rings. The van der Waals surface area contributed by atoms with Crippen LogP contribution < -0.4 is 0 Å². The summed E-state index contributed by atoms with van der Waals surface area (Å²) in [7, 11) is 2.46. The lowest BCUT2D eigenvalue weighted by Gasteiger charge is -2.15. The predicted molar refractivity (Wildman–Crippen MR) is 49.8 cm³/mol. The SMILES string of the molecule is COC1=C(Cl)C(=O)C(Cl)=C(OC)C1=O. The minimum atomic E-state index is -0.679. The van der Waals surface area contributed by atoms with Crippen molar-refractivity contribution in [3.05, 3.63) is 21.6 Å². The zero-order valence-electron chi connectivity index (χ0n) is 7.39. The molecule has 0 unspecified atom stereocenters. The molecular weight excluding hydrogens is 231 g/mol. The first-order valence-corrected chi connectivity index (χ1v) is 4.27. The molecule has 0 bridgehead atoms. The molecule has 0 spiro atoms. The fourth-order valence-electron chi connectivity index (χ4n) is 0.970. The lowest BCUT2D eigenvalue weighted by Crippen LogP contribution is -2.22. The lowest BCUT2D eigenvalue weighted by atomic mass is 10.1. The summed E-state index contributed by atoms with van der Waals surface area (Å²) in [4.78, 5) is 22.8. The van der Waals surface area contributed by atoms with Crippen LogP contribution in [0.1, 0.15) is 0 Å². The van der Waals surface area contributed by atoms with Gasteiger partial charge in [-0.2, -0.15) is 0 Å². The van der Waals surface area contributed by atoms with E-state index in [4.69, 9.17) is 23.2 Å². The normalized spacial score (nSPS) is 17.7. The average molecular weight is 237 g/mol. The van der Waals surface area contributed by atoms with Crippen LogP contribution in [0.5, 0.6) is 0 Å². The van der Waals surface area contributed by atoms with E-state index in [1.54, 1.807) is 0 Å². The van der Waals surface area contributed by atoms with Crippen molar-refractivity contribution in [2.75, 3.05) is 14.2 Å². The highest BCUT2D eigenvalue weighted by Crippen LogP contribution is 2.29. The Morgan fingerprint density at radius 3 is 1.50 bits per heavy atom. The van der Waals surface area contributed by atoms with Crippen molar-refractivity contribution in [1.29, 1.82) is 0 Å². The number of ketones is 2. The molecule has 0 atom stereocenters. The average Bonchev–Trinajstić information content (AvgIpc) is 2.16. The van der Waals surface area contributed by atoms with Crippen molar-refractivity contribution >= 4 is 34.8 Å². The molecule has 6 heteroatoms. The minimum absolute atomic E-state index is 0.252. The van der Waals surface area contributed by atoms with E-state index in [9.17, 15) is 9.59 Å². The Morgan fingerprint density at radius 1 is 0.857 bits per heavy atom. The Morgan fingerprint density at radius 2 is 1.21 bits per heavy atom. The second kappa shape index (κ2) is 4.02. The van der Waals surface area contributed by atoms with Crippen molar-refractivity contribution < 1.29 is 19.1 Å². The maximum absolute atomic E-state index is 11.5. The Hall–Kier alpha value is -1.00. The van der Waals surface area contributed by atoms with Crippen molar-refractivity contribution in [2.24, 2.45) is 0 Å². The molecule has 0 aromatic heterocycles. The summed E-state index contributed by atoms with van der Waals surface area (Å²) >= 11 is 11.1. The molecule has 1 aliphatic rings. The van der Waals surface area contributed by atoms with Gasteiger partial charge in [-0.3, -0.25) is 9.59 Å². The van der Waals surface area contributed by atoms with Crippen molar-refractivity contribution in [2.45, 2.75) is 0 Å². The Labute approximate surface area is 90.1 Å². The fourth-order valence-corrected chi connectivity index (χ4v) is 1.53. The molecule has 0 aromatic carbocycles. The molecule has 0 saturated heterocycles. The third kappa shape index (κ3) is 1.51. The zero-order valence-corrected chi connectivity index (χ0v) is 8.90. The van der Waals surface area contributed by atoms with Gasteiger partial charge in [-0.15, -0.1) is 0 Å². The number of methoxy groups -OCH3 is 2. The van der Waals surface area contributed by atoms with Crippen molar-refractivity contribution in [1.82, 2.24) is 0 Å². The maximum atomic E-state index is 11.5. The molecule has 0 saturated carbocycles. The number of hydrogen-bond acceptors (Lipinski definition) is 4. The van der Waals surface area contributed by atoms with Crippen molar-refractivity contribution in [3.8, 4) is 0 Å². The summed E-state index contributed by atoms with van der Waals surface area (Å²) in [6.07, 6.45) is 0. The van der Waals surface area contributed by atoms with E-state index in [2.05, 4.69) is 9.47 Å². The smallest absolute Gasteiger partial charge is 0.265 e. The van der Waals surface area contributed by atoms with E-state index in [1.807, 2.05) is 0 Å². The van der Waals surface area contributed by atoms with Gasteiger partial charge in [0.1, 0.15) is 10.1 Å². The van der Waals surface area contributed by atoms with Crippen LogP contribution in [0.25, 0.3) is 0 Å². The van der Waals surface area contributed by atoms with Gasteiger partial charge in [0.2, 0.25) is 5.78 Å². The zero-order chi connectivity index (χ0) is 10.9. The van der Waals surface area contributed by atoms with E-state index in [0.717, 1.165) is 0 Å². The van der Waals surface area contributed by atoms with Gasteiger partial charge in [-0.1, -0.05) is 23.2 Å². The van der Waals surface area contributed by atoms with Gasteiger partial charge in [-0.05, 0) is 0 Å². The van der Waals surface area contributed by atoms with Crippen LogP contribution >= 0.6 is 23.2 Å². The highest BCUT2D eigenvalue weighted by molar-refractivity contribution is 6.58. The van der Waals surface area contributed by atoms with Crippen LogP contribution in [0, 0.1) is 0 Å². The number of carbonyl (C=O) groups is 2. The Kier molecular flexibility index (Phi) is 3.18. The number of halogens is 2. The van der Waals surface area contributed by atoms with E-state index in [-0.39, 0.29) is 21.6 Å². The summed E-state index contributed by atoms with van der Waals surface area (Å²) in [6.45, 7) is 0. The van der Waals surface area contributed by atoms with Crippen LogP contribution in [-0.2, 0) is 19.1 Å². The lowest BCUT2D eigenvalue weighted by molar-refractivity contribution is -0.120.